The van der Waals surface area contributed by atoms with Crippen molar-refractivity contribution in [1.29, 1.82) is 0 Å². The van der Waals surface area contributed by atoms with Gasteiger partial charge in [0, 0.05) is 23.3 Å². The molecule has 1 aromatic heterocycles. The van der Waals surface area contributed by atoms with Crippen LogP contribution in [-0.4, -0.2) is 17.1 Å². The molecule has 0 saturated carbocycles. The van der Waals surface area contributed by atoms with E-state index in [1.54, 1.807) is 0 Å². The number of carbonyl (C=O) groups is 1. The van der Waals surface area contributed by atoms with Crippen molar-refractivity contribution in [3.63, 3.8) is 0 Å². The molecule has 0 aliphatic heterocycles. The number of benzene rings is 1. The molecule has 3 nitrogen and oxygen atoms in total. The highest BCUT2D eigenvalue weighted by atomic mass is 35.5. The molecule has 17 heavy (non-hydrogen) atoms. The molecular weight excluding hydrogens is 238 g/mol. The normalized spacial score (nSPS) is 10.7. The molecule has 0 aliphatic carbocycles. The van der Waals surface area contributed by atoms with E-state index in [0.29, 0.717) is 24.6 Å². The first kappa shape index (κ1) is 12.0. The molecule has 2 aromatic rings. The van der Waals surface area contributed by atoms with Crippen molar-refractivity contribution < 1.29 is 9.53 Å². The fourth-order valence-corrected chi connectivity index (χ4v) is 1.96. The minimum absolute atomic E-state index is 0.170. The average molecular weight is 252 g/mol. The fourth-order valence-electron chi connectivity index (χ4n) is 1.80. The van der Waals surface area contributed by atoms with Gasteiger partial charge in [-0.2, -0.15) is 0 Å². The molecule has 90 valence electrons. The summed E-state index contributed by atoms with van der Waals surface area (Å²) in [4.78, 5) is 11.3. The summed E-state index contributed by atoms with van der Waals surface area (Å²) < 4.78 is 6.91. The minimum atomic E-state index is -0.170. The van der Waals surface area contributed by atoms with Gasteiger partial charge in [-0.05, 0) is 30.5 Å². The number of fused-ring (bicyclic) bond motifs is 1. The van der Waals surface area contributed by atoms with E-state index in [9.17, 15) is 4.79 Å². The molecule has 0 radical (unpaired) electrons. The third kappa shape index (κ3) is 2.80. The fraction of sp³-hybridized carbons (Fsp3) is 0.308. The molecule has 0 atom stereocenters. The standard InChI is InChI=1S/C13H14ClNO2/c1-2-17-13(16)6-8-15-7-5-10-3-4-11(14)9-12(10)15/h3-5,7,9H,2,6,8H2,1H3. The van der Waals surface area contributed by atoms with Gasteiger partial charge in [0.25, 0.3) is 0 Å². The zero-order valence-corrected chi connectivity index (χ0v) is 10.4. The Balaban J connectivity index is 2.13. The molecule has 0 spiro atoms. The molecule has 1 heterocycles. The van der Waals surface area contributed by atoms with Gasteiger partial charge in [-0.1, -0.05) is 17.7 Å². The van der Waals surface area contributed by atoms with Crippen LogP contribution in [0.2, 0.25) is 5.02 Å². The summed E-state index contributed by atoms with van der Waals surface area (Å²) in [5.74, 6) is -0.170. The van der Waals surface area contributed by atoms with Crippen LogP contribution in [0, 0.1) is 0 Å². The van der Waals surface area contributed by atoms with Crippen LogP contribution in [0.4, 0.5) is 0 Å². The van der Waals surface area contributed by atoms with E-state index in [4.69, 9.17) is 16.3 Å². The second-order valence-corrected chi connectivity index (χ2v) is 4.20. The van der Waals surface area contributed by atoms with Gasteiger partial charge in [0.05, 0.1) is 13.0 Å². The molecule has 4 heteroatoms. The molecule has 0 amide bonds. The maximum Gasteiger partial charge on any atom is 0.307 e. The van der Waals surface area contributed by atoms with Crippen LogP contribution >= 0.6 is 11.6 Å². The van der Waals surface area contributed by atoms with E-state index in [0.717, 1.165) is 10.9 Å². The van der Waals surface area contributed by atoms with Crippen molar-refractivity contribution in [2.75, 3.05) is 6.61 Å². The monoisotopic (exact) mass is 251 g/mol. The molecule has 1 aromatic carbocycles. The van der Waals surface area contributed by atoms with Gasteiger partial charge in [-0.25, -0.2) is 0 Å². The molecular formula is C13H14ClNO2. The highest BCUT2D eigenvalue weighted by Gasteiger charge is 2.05. The number of hydrogen-bond donors (Lipinski definition) is 0. The lowest BCUT2D eigenvalue weighted by Crippen LogP contribution is -2.08. The maximum atomic E-state index is 11.3. The van der Waals surface area contributed by atoms with Crippen molar-refractivity contribution in [1.82, 2.24) is 4.57 Å². The molecule has 0 fully saturated rings. The van der Waals surface area contributed by atoms with Gasteiger partial charge in [0.15, 0.2) is 0 Å². The highest BCUT2D eigenvalue weighted by Crippen LogP contribution is 2.20. The molecule has 0 unspecified atom stereocenters. The predicted molar refractivity (Wildman–Crippen MR) is 68.2 cm³/mol. The lowest BCUT2D eigenvalue weighted by atomic mass is 10.2. The van der Waals surface area contributed by atoms with Gasteiger partial charge in [-0.3, -0.25) is 4.79 Å². The average Bonchev–Trinajstić information content (AvgIpc) is 2.69. The number of ether oxygens (including phenoxy) is 1. The van der Waals surface area contributed by atoms with Crippen molar-refractivity contribution >= 4 is 28.5 Å². The number of nitrogens with zero attached hydrogens (tertiary/aromatic N) is 1. The Morgan fingerprint density at radius 3 is 3.00 bits per heavy atom. The van der Waals surface area contributed by atoms with E-state index in [1.165, 1.54) is 0 Å². The summed E-state index contributed by atoms with van der Waals surface area (Å²) in [5.41, 5.74) is 1.04. The maximum absolute atomic E-state index is 11.3. The predicted octanol–water partition coefficient (Wildman–Crippen LogP) is 3.25. The zero-order chi connectivity index (χ0) is 12.3. The van der Waals surface area contributed by atoms with Gasteiger partial charge in [0.1, 0.15) is 0 Å². The highest BCUT2D eigenvalue weighted by molar-refractivity contribution is 6.31. The summed E-state index contributed by atoms with van der Waals surface area (Å²) in [6.07, 6.45) is 2.34. The van der Waals surface area contributed by atoms with Crippen LogP contribution < -0.4 is 0 Å². The van der Waals surface area contributed by atoms with Crippen LogP contribution in [0.25, 0.3) is 10.9 Å². The van der Waals surface area contributed by atoms with Crippen molar-refractivity contribution in [2.24, 2.45) is 0 Å². The van der Waals surface area contributed by atoms with Crippen molar-refractivity contribution in [3.8, 4) is 0 Å². The molecule has 0 aliphatic rings. The Kier molecular flexibility index (Phi) is 3.69. The summed E-state index contributed by atoms with van der Waals surface area (Å²) in [7, 11) is 0. The minimum Gasteiger partial charge on any atom is -0.466 e. The summed E-state index contributed by atoms with van der Waals surface area (Å²) in [6, 6.07) is 7.75. The van der Waals surface area contributed by atoms with Gasteiger partial charge >= 0.3 is 5.97 Å². The van der Waals surface area contributed by atoms with E-state index in [1.807, 2.05) is 42.0 Å². The van der Waals surface area contributed by atoms with Crippen LogP contribution in [0.1, 0.15) is 13.3 Å². The van der Waals surface area contributed by atoms with E-state index in [2.05, 4.69) is 0 Å². The number of halogens is 1. The lowest BCUT2D eigenvalue weighted by Gasteiger charge is -2.05. The largest absolute Gasteiger partial charge is 0.466 e. The number of aryl methyl sites for hydroxylation is 1. The molecule has 0 bridgehead atoms. The number of esters is 1. The second-order valence-electron chi connectivity index (χ2n) is 3.77. The third-order valence-corrected chi connectivity index (χ3v) is 2.83. The number of hydrogen-bond acceptors (Lipinski definition) is 2. The SMILES string of the molecule is CCOC(=O)CCn1ccc2ccc(Cl)cc21. The first-order valence-electron chi connectivity index (χ1n) is 5.60. The van der Waals surface area contributed by atoms with Crippen molar-refractivity contribution in [2.45, 2.75) is 19.9 Å². The number of carbonyl (C=O) groups excluding carboxylic acids is 1. The van der Waals surface area contributed by atoms with E-state index in [-0.39, 0.29) is 5.97 Å². The van der Waals surface area contributed by atoms with Gasteiger partial charge in [0.2, 0.25) is 0 Å². The van der Waals surface area contributed by atoms with Gasteiger partial charge < -0.3 is 9.30 Å². The first-order valence-corrected chi connectivity index (χ1v) is 5.98. The van der Waals surface area contributed by atoms with Crippen LogP contribution in [-0.2, 0) is 16.1 Å². The Hall–Kier alpha value is -1.48. The van der Waals surface area contributed by atoms with Gasteiger partial charge in [-0.15, -0.1) is 0 Å². The van der Waals surface area contributed by atoms with E-state index >= 15 is 0 Å². The number of rotatable bonds is 4. The van der Waals surface area contributed by atoms with Crippen molar-refractivity contribution in [3.05, 3.63) is 35.5 Å². The molecule has 0 saturated heterocycles. The Labute approximate surface area is 105 Å². The second kappa shape index (κ2) is 5.23. The van der Waals surface area contributed by atoms with Crippen LogP contribution in [0.15, 0.2) is 30.5 Å². The number of aromatic nitrogens is 1. The third-order valence-electron chi connectivity index (χ3n) is 2.60. The topological polar surface area (TPSA) is 31.2 Å². The van der Waals surface area contributed by atoms with Crippen LogP contribution in [0.5, 0.6) is 0 Å². The molecule has 2 rings (SSSR count). The summed E-state index contributed by atoms with van der Waals surface area (Å²) in [5, 5.41) is 1.83. The first-order chi connectivity index (χ1) is 8.20. The molecule has 0 N–H and O–H groups in total. The Bertz CT molecular complexity index is 533. The Morgan fingerprint density at radius 1 is 1.41 bits per heavy atom. The van der Waals surface area contributed by atoms with Crippen LogP contribution in [0.3, 0.4) is 0 Å². The summed E-state index contributed by atoms with van der Waals surface area (Å²) in [6.45, 7) is 2.85. The zero-order valence-electron chi connectivity index (χ0n) is 9.65. The van der Waals surface area contributed by atoms with E-state index < -0.39 is 0 Å². The smallest absolute Gasteiger partial charge is 0.307 e. The Morgan fingerprint density at radius 2 is 2.24 bits per heavy atom. The quantitative estimate of drug-likeness (QED) is 0.781. The lowest BCUT2D eigenvalue weighted by molar-refractivity contribution is -0.143. The summed E-state index contributed by atoms with van der Waals surface area (Å²) >= 11 is 5.96.